The van der Waals surface area contributed by atoms with Gasteiger partial charge in [0.2, 0.25) is 0 Å². The summed E-state index contributed by atoms with van der Waals surface area (Å²) in [6, 6.07) is 29.0. The van der Waals surface area contributed by atoms with E-state index in [0.29, 0.717) is 35.5 Å². The summed E-state index contributed by atoms with van der Waals surface area (Å²) in [5, 5.41) is 4.21. The first-order chi connectivity index (χ1) is 44.5. The molecule has 0 spiro atoms. The molecule has 12 heteroatoms. The number of rotatable bonds is 14. The van der Waals surface area contributed by atoms with Gasteiger partial charge < -0.3 is 45.2 Å². The monoisotopic (exact) mass is 1230 g/mol. The molecule has 11 fully saturated rings. The number of nitrogens with zero attached hydrogens (tertiary/aromatic N) is 9. The van der Waals surface area contributed by atoms with Crippen LogP contribution in [0.3, 0.4) is 0 Å². The van der Waals surface area contributed by atoms with Crippen LogP contribution in [-0.2, 0) is 11.1 Å². The zero-order chi connectivity index (χ0) is 61.3. The summed E-state index contributed by atoms with van der Waals surface area (Å²) < 4.78 is 8.08. The van der Waals surface area contributed by atoms with E-state index in [1.54, 1.807) is 0 Å². The van der Waals surface area contributed by atoms with Crippen LogP contribution >= 0.6 is 0 Å². The third-order valence-electron chi connectivity index (χ3n) is 27.8. The summed E-state index contributed by atoms with van der Waals surface area (Å²) in [6.45, 7) is 17.2. The minimum atomic E-state index is -0.378. The first kappa shape index (κ1) is 61.7. The van der Waals surface area contributed by atoms with Crippen molar-refractivity contribution < 1.29 is 0 Å². The van der Waals surface area contributed by atoms with E-state index in [9.17, 15) is 0 Å². The minimum absolute atomic E-state index is 0.284. The number of hydrogen-bond acceptors (Lipinski definition) is 9. The number of aromatic nitrogens is 6. The molecule has 7 aliphatic carbocycles. The number of piperidine rings is 3. The van der Waals surface area contributed by atoms with Crippen molar-refractivity contribution >= 4 is 33.1 Å². The minimum Gasteiger partial charge on any atom is -0.324 e. The number of imidazole rings is 3. The number of hydrogen-bond donors (Lipinski definition) is 3. The van der Waals surface area contributed by atoms with E-state index in [2.05, 4.69) is 120 Å². The van der Waals surface area contributed by atoms with Gasteiger partial charge in [-0.15, -0.1) is 0 Å². The standard InChI is InChI=1S/C79H116N12/c1-77(2)62-28-27-60(66(77)50-62)54-88-45-31-63(32-46-88)89-71-24-12-9-21-67(71)83-74(89)61-49-70(82-51-61)59-20-8-4-6-18-56(48-59)53-87-43-35-65(36-44-87)91-73-26-14-11-23-69(73)85-76(91)79(81)39-29-57(30-40-79)58-19-7-3-5-17-55(47-58)52-86-41-33-64(34-42-86)90-72-25-13-10-22-68(72)84-75(90)78(80)37-15-16-38-78/h9-14,21-26,55-66,70,82H,3-8,15-20,27-54,80-81H2,1-2H3. The third-order valence-corrected chi connectivity index (χ3v) is 27.8. The van der Waals surface area contributed by atoms with E-state index in [-0.39, 0.29) is 11.1 Å². The largest absolute Gasteiger partial charge is 0.324 e. The van der Waals surface area contributed by atoms with Gasteiger partial charge in [-0.1, -0.05) is 108 Å². The second-order valence-electron chi connectivity index (χ2n) is 33.5. The van der Waals surface area contributed by atoms with Crippen LogP contribution in [-0.4, -0.2) is 115 Å². The van der Waals surface area contributed by atoms with Gasteiger partial charge in [0.1, 0.15) is 17.5 Å². The molecule has 7 heterocycles. The summed E-state index contributed by atoms with van der Waals surface area (Å²) in [5.74, 6) is 10.9. The van der Waals surface area contributed by atoms with E-state index in [1.165, 1.54) is 260 Å². The van der Waals surface area contributed by atoms with Crippen molar-refractivity contribution in [3.8, 4) is 0 Å². The Balaban J connectivity index is 0.530. The summed E-state index contributed by atoms with van der Waals surface area (Å²) in [6.07, 6.45) is 38.7. The first-order valence-electron chi connectivity index (χ1n) is 38.4. The highest BCUT2D eigenvalue weighted by molar-refractivity contribution is 5.78. The van der Waals surface area contributed by atoms with Crippen molar-refractivity contribution in [3.63, 3.8) is 0 Å². The molecule has 3 aromatic heterocycles. The third kappa shape index (κ3) is 12.3. The molecule has 6 aromatic rings. The number of benzene rings is 3. The number of nitrogens with one attached hydrogen (secondary N) is 1. The molecule has 0 radical (unpaired) electrons. The average molecular weight is 1230 g/mol. The lowest BCUT2D eigenvalue weighted by atomic mass is 9.45. The Morgan fingerprint density at radius 2 is 0.912 bits per heavy atom. The number of para-hydroxylation sites is 6. The lowest BCUT2D eigenvalue weighted by molar-refractivity contribution is -0.112. The molecule has 9 atom stereocenters. The average Bonchev–Trinajstić information content (AvgIpc) is 1.48. The van der Waals surface area contributed by atoms with E-state index >= 15 is 0 Å². The Morgan fingerprint density at radius 3 is 1.46 bits per heavy atom. The van der Waals surface area contributed by atoms with Gasteiger partial charge in [0.25, 0.3) is 0 Å². The van der Waals surface area contributed by atoms with Gasteiger partial charge in [0.05, 0.1) is 44.2 Å². The fourth-order valence-electron chi connectivity index (χ4n) is 22.5. The lowest BCUT2D eigenvalue weighted by Crippen LogP contribution is -2.55. The predicted octanol–water partition coefficient (Wildman–Crippen LogP) is 15.8. The number of fused-ring (bicyclic) bond motifs is 5. The summed E-state index contributed by atoms with van der Waals surface area (Å²) in [7, 11) is 0. The van der Waals surface area contributed by atoms with Crippen LogP contribution in [0.15, 0.2) is 72.8 Å². The zero-order valence-electron chi connectivity index (χ0n) is 56.4. The maximum Gasteiger partial charge on any atom is 0.130 e. The zero-order valence-corrected chi connectivity index (χ0v) is 56.4. The molecule has 4 aliphatic heterocycles. The van der Waals surface area contributed by atoms with Crippen LogP contribution in [0.25, 0.3) is 33.1 Å². The first-order valence-corrected chi connectivity index (χ1v) is 38.4. The topological polar surface area (TPSA) is 127 Å². The van der Waals surface area contributed by atoms with E-state index < -0.39 is 0 Å². The molecule has 7 saturated carbocycles. The molecular formula is C79H116N12. The van der Waals surface area contributed by atoms with Crippen molar-refractivity contribution in [1.29, 1.82) is 0 Å². The van der Waals surface area contributed by atoms with Crippen molar-refractivity contribution in [1.82, 2.24) is 48.7 Å². The molecule has 17 rings (SSSR count). The number of likely N-dealkylation sites (tertiary alicyclic amines) is 3. The predicted molar refractivity (Wildman–Crippen MR) is 372 cm³/mol. The molecule has 492 valence electrons. The second kappa shape index (κ2) is 26.1. The van der Waals surface area contributed by atoms with Gasteiger partial charge in [-0.2, -0.15) is 0 Å². The van der Waals surface area contributed by atoms with Gasteiger partial charge >= 0.3 is 0 Å². The Hall–Kier alpha value is -4.17. The van der Waals surface area contributed by atoms with Crippen molar-refractivity contribution in [3.05, 3.63) is 90.3 Å². The van der Waals surface area contributed by atoms with Gasteiger partial charge in [0, 0.05) is 95.5 Å². The highest BCUT2D eigenvalue weighted by atomic mass is 15.2. The number of nitrogens with two attached hydrogens (primary N) is 2. The Kier molecular flexibility index (Phi) is 17.7. The molecule has 0 amide bonds. The highest BCUT2D eigenvalue weighted by Crippen LogP contribution is 2.61. The van der Waals surface area contributed by atoms with Crippen LogP contribution in [0.4, 0.5) is 0 Å². The van der Waals surface area contributed by atoms with E-state index in [1.807, 2.05) is 0 Å². The molecule has 11 aliphatic rings. The maximum atomic E-state index is 7.84. The second-order valence-corrected chi connectivity index (χ2v) is 33.5. The quantitative estimate of drug-likeness (QED) is 0.0977. The molecular weight excluding hydrogens is 1120 g/mol. The van der Waals surface area contributed by atoms with Crippen LogP contribution < -0.4 is 16.8 Å². The van der Waals surface area contributed by atoms with E-state index in [4.69, 9.17) is 26.4 Å². The molecule has 4 saturated heterocycles. The van der Waals surface area contributed by atoms with Crippen LogP contribution in [0, 0.1) is 52.8 Å². The Morgan fingerprint density at radius 1 is 0.440 bits per heavy atom. The molecule has 12 nitrogen and oxygen atoms in total. The van der Waals surface area contributed by atoms with Gasteiger partial charge in [-0.3, -0.25) is 0 Å². The van der Waals surface area contributed by atoms with Gasteiger partial charge in [-0.05, 0) is 224 Å². The van der Waals surface area contributed by atoms with Crippen LogP contribution in [0.1, 0.15) is 248 Å². The van der Waals surface area contributed by atoms with Crippen LogP contribution in [0.5, 0.6) is 0 Å². The van der Waals surface area contributed by atoms with Crippen LogP contribution in [0.2, 0.25) is 0 Å². The fourth-order valence-corrected chi connectivity index (χ4v) is 22.5. The van der Waals surface area contributed by atoms with Crippen molar-refractivity contribution in [2.24, 2.45) is 64.2 Å². The molecule has 5 N–H and O–H groups in total. The Labute approximate surface area is 546 Å². The summed E-state index contributed by atoms with van der Waals surface area (Å²) in [4.78, 5) is 25.0. The highest BCUT2D eigenvalue weighted by Gasteiger charge is 2.54. The van der Waals surface area contributed by atoms with E-state index in [0.717, 1.165) is 96.4 Å². The molecule has 91 heavy (non-hydrogen) atoms. The van der Waals surface area contributed by atoms with Crippen molar-refractivity contribution in [2.75, 3.05) is 65.4 Å². The Bertz CT molecular complexity index is 3400. The summed E-state index contributed by atoms with van der Waals surface area (Å²) >= 11 is 0. The smallest absolute Gasteiger partial charge is 0.130 e. The SMILES string of the molecule is CC1(C)C2CCC(CN3CCC(n4c(C5CNC(C6CCCCCC(CN7CCC(n8c(C9(N)CCC(C%10CCCCCC(CN%11CCC(n%12c(C%13(N)CCCC%13)nc%13ccccc%13%12)CC%11)C%10)CC9)nc9ccccc98)CC7)C6)C5)nc5ccccc54)CC3)C1C2. The molecule has 9 unspecified atom stereocenters. The maximum absolute atomic E-state index is 7.84. The normalized spacial score (nSPS) is 33.9. The molecule has 3 aromatic carbocycles. The van der Waals surface area contributed by atoms with Gasteiger partial charge in [-0.25, -0.2) is 15.0 Å². The van der Waals surface area contributed by atoms with Crippen molar-refractivity contribution in [2.45, 2.75) is 248 Å². The van der Waals surface area contributed by atoms with Gasteiger partial charge in [0.15, 0.2) is 0 Å². The fraction of sp³-hybridized carbons (Fsp3) is 0.734. The summed E-state index contributed by atoms with van der Waals surface area (Å²) in [5.41, 5.74) is 22.4. The molecule has 2 bridgehead atoms. The lowest BCUT2D eigenvalue weighted by Gasteiger charge is -2.61.